The Morgan fingerprint density at radius 1 is 1.64 bits per heavy atom. The fourth-order valence-corrected chi connectivity index (χ4v) is 1.38. The van der Waals surface area contributed by atoms with E-state index in [2.05, 4.69) is 10.5 Å². The normalized spacial score (nSPS) is 17.9. The van der Waals surface area contributed by atoms with E-state index < -0.39 is 0 Å². The van der Waals surface area contributed by atoms with E-state index >= 15 is 0 Å². The molecular formula is C9H11N3O2. The Labute approximate surface area is 81.4 Å². The number of nitrogens with zero attached hydrogens (tertiary/aromatic N) is 2. The van der Waals surface area contributed by atoms with Crippen LogP contribution in [0.3, 0.4) is 0 Å². The van der Waals surface area contributed by atoms with Gasteiger partial charge in [0.25, 0.3) is 0 Å². The van der Waals surface area contributed by atoms with Crippen LogP contribution in [-0.2, 0) is 4.79 Å². The molecule has 0 spiro atoms. The summed E-state index contributed by atoms with van der Waals surface area (Å²) in [7, 11) is 1.74. The zero-order valence-electron chi connectivity index (χ0n) is 7.86. The fourth-order valence-electron chi connectivity index (χ4n) is 1.38. The first-order chi connectivity index (χ1) is 6.79. The molecule has 5 nitrogen and oxygen atoms in total. The summed E-state index contributed by atoms with van der Waals surface area (Å²) in [6.07, 6.45) is 5.07. The molecule has 0 radical (unpaired) electrons. The lowest BCUT2D eigenvalue weighted by molar-refractivity contribution is -0.125. The lowest BCUT2D eigenvalue weighted by Crippen LogP contribution is -2.31. The highest BCUT2D eigenvalue weighted by molar-refractivity contribution is 5.88. The van der Waals surface area contributed by atoms with Gasteiger partial charge in [0, 0.05) is 13.6 Å². The minimum Gasteiger partial charge on any atom is -0.364 e. The van der Waals surface area contributed by atoms with Crippen LogP contribution in [0, 0.1) is 0 Å². The Hall–Kier alpha value is -1.62. The van der Waals surface area contributed by atoms with Crippen LogP contribution in [-0.4, -0.2) is 36.1 Å². The fraction of sp³-hybridized carbons (Fsp3) is 0.333. The molecule has 1 N–H and O–H groups in total. The number of hydrogen-bond acceptors (Lipinski definition) is 4. The van der Waals surface area contributed by atoms with Gasteiger partial charge in [-0.15, -0.1) is 0 Å². The van der Waals surface area contributed by atoms with Crippen LogP contribution in [0.25, 0.3) is 5.70 Å². The van der Waals surface area contributed by atoms with E-state index in [4.69, 9.17) is 4.52 Å². The Bertz CT molecular complexity index is 356. The summed E-state index contributed by atoms with van der Waals surface area (Å²) >= 11 is 0. The third-order valence-electron chi connectivity index (χ3n) is 2.18. The van der Waals surface area contributed by atoms with Crippen LogP contribution >= 0.6 is 0 Å². The summed E-state index contributed by atoms with van der Waals surface area (Å²) in [5.74, 6) is 0.0370. The zero-order valence-corrected chi connectivity index (χ0v) is 7.86. The van der Waals surface area contributed by atoms with Crippen LogP contribution in [0.1, 0.15) is 5.56 Å². The molecule has 2 heterocycles. The molecule has 2 rings (SSSR count). The Kier molecular flexibility index (Phi) is 2.32. The van der Waals surface area contributed by atoms with Crippen molar-refractivity contribution in [2.24, 2.45) is 0 Å². The van der Waals surface area contributed by atoms with Gasteiger partial charge in [0.2, 0.25) is 5.91 Å². The highest BCUT2D eigenvalue weighted by atomic mass is 16.5. The average molecular weight is 193 g/mol. The second-order valence-electron chi connectivity index (χ2n) is 3.09. The molecule has 1 aliphatic heterocycles. The highest BCUT2D eigenvalue weighted by Gasteiger charge is 2.18. The number of rotatable bonds is 1. The van der Waals surface area contributed by atoms with Crippen LogP contribution in [0.2, 0.25) is 0 Å². The van der Waals surface area contributed by atoms with Gasteiger partial charge in [0.05, 0.1) is 24.0 Å². The first-order valence-corrected chi connectivity index (χ1v) is 4.36. The molecule has 0 aromatic carbocycles. The number of amides is 1. The van der Waals surface area contributed by atoms with E-state index in [1.807, 2.05) is 6.08 Å². The van der Waals surface area contributed by atoms with Crippen molar-refractivity contribution in [3.05, 3.63) is 24.1 Å². The average Bonchev–Trinajstić information content (AvgIpc) is 2.64. The monoisotopic (exact) mass is 193 g/mol. The van der Waals surface area contributed by atoms with Gasteiger partial charge in [-0.1, -0.05) is 5.16 Å². The Balaban J connectivity index is 2.32. The van der Waals surface area contributed by atoms with E-state index in [0.717, 1.165) is 11.3 Å². The minimum absolute atomic E-state index is 0.0370. The van der Waals surface area contributed by atoms with Crippen molar-refractivity contribution in [2.45, 2.75) is 0 Å². The molecule has 0 aliphatic carbocycles. The molecule has 1 aromatic rings. The summed E-state index contributed by atoms with van der Waals surface area (Å²) in [4.78, 5) is 13.1. The number of nitrogens with one attached hydrogen (secondary N) is 1. The topological polar surface area (TPSA) is 58.4 Å². The molecule has 1 amide bonds. The molecule has 74 valence electrons. The molecule has 0 unspecified atom stereocenters. The van der Waals surface area contributed by atoms with Gasteiger partial charge in [-0.2, -0.15) is 0 Å². The Morgan fingerprint density at radius 2 is 2.50 bits per heavy atom. The molecular weight excluding hydrogens is 182 g/mol. The number of likely N-dealkylation sites (N-methyl/N-ethyl adjacent to an activating group) is 1. The van der Waals surface area contributed by atoms with E-state index in [1.165, 1.54) is 6.26 Å². The van der Waals surface area contributed by atoms with Crippen LogP contribution < -0.4 is 5.32 Å². The smallest absolute Gasteiger partial charge is 0.240 e. The summed E-state index contributed by atoms with van der Waals surface area (Å²) in [6, 6.07) is 0. The molecule has 0 saturated heterocycles. The van der Waals surface area contributed by atoms with Gasteiger partial charge < -0.3 is 14.7 Å². The quantitative estimate of drug-likeness (QED) is 0.686. The summed E-state index contributed by atoms with van der Waals surface area (Å²) in [6.45, 7) is 1.04. The molecule has 0 fully saturated rings. The lowest BCUT2D eigenvalue weighted by atomic mass is 10.2. The van der Waals surface area contributed by atoms with Gasteiger partial charge in [0.1, 0.15) is 6.26 Å². The zero-order chi connectivity index (χ0) is 9.97. The van der Waals surface area contributed by atoms with E-state index in [0.29, 0.717) is 13.1 Å². The number of carbonyl (C=O) groups is 1. The second-order valence-corrected chi connectivity index (χ2v) is 3.09. The van der Waals surface area contributed by atoms with Crippen molar-refractivity contribution < 1.29 is 9.32 Å². The predicted octanol–water partition coefficient (Wildman–Crippen LogP) is 0.0771. The summed E-state index contributed by atoms with van der Waals surface area (Å²) < 4.78 is 4.74. The molecule has 0 bridgehead atoms. The van der Waals surface area contributed by atoms with Crippen molar-refractivity contribution >= 4 is 11.6 Å². The van der Waals surface area contributed by atoms with E-state index in [1.54, 1.807) is 18.1 Å². The van der Waals surface area contributed by atoms with Crippen LogP contribution in [0.5, 0.6) is 0 Å². The number of aromatic nitrogens is 1. The summed E-state index contributed by atoms with van der Waals surface area (Å²) in [5, 5.41) is 6.61. The standard InChI is InChI=1S/C9H11N3O2/c1-12-8(7-4-11-14-6-7)2-3-10-5-9(12)13/h2,4,6,10H,3,5H2,1H3. The van der Waals surface area contributed by atoms with Gasteiger partial charge in [0.15, 0.2) is 0 Å². The predicted molar refractivity (Wildman–Crippen MR) is 50.1 cm³/mol. The molecule has 0 atom stereocenters. The van der Waals surface area contributed by atoms with Crippen molar-refractivity contribution in [1.29, 1.82) is 0 Å². The second kappa shape index (κ2) is 3.63. The minimum atomic E-state index is 0.0370. The Morgan fingerprint density at radius 3 is 3.21 bits per heavy atom. The SMILES string of the molecule is CN1C(=O)CNCC=C1c1cnoc1. The first-order valence-electron chi connectivity index (χ1n) is 4.36. The molecule has 0 saturated carbocycles. The van der Waals surface area contributed by atoms with Gasteiger partial charge >= 0.3 is 0 Å². The van der Waals surface area contributed by atoms with Gasteiger partial charge in [-0.3, -0.25) is 4.79 Å². The number of hydrogen-bond donors (Lipinski definition) is 1. The third kappa shape index (κ3) is 1.54. The summed E-state index contributed by atoms with van der Waals surface area (Å²) in [5.41, 5.74) is 1.66. The van der Waals surface area contributed by atoms with Gasteiger partial charge in [-0.05, 0) is 6.08 Å². The lowest BCUT2D eigenvalue weighted by Gasteiger charge is -2.16. The maximum atomic E-state index is 11.5. The highest BCUT2D eigenvalue weighted by Crippen LogP contribution is 2.17. The van der Waals surface area contributed by atoms with Crippen LogP contribution in [0.15, 0.2) is 23.1 Å². The van der Waals surface area contributed by atoms with Crippen molar-refractivity contribution in [1.82, 2.24) is 15.4 Å². The first kappa shape index (κ1) is 8.96. The van der Waals surface area contributed by atoms with E-state index in [9.17, 15) is 4.79 Å². The van der Waals surface area contributed by atoms with E-state index in [-0.39, 0.29) is 5.91 Å². The maximum Gasteiger partial charge on any atom is 0.240 e. The molecule has 1 aromatic heterocycles. The molecule has 5 heteroatoms. The number of carbonyl (C=O) groups excluding carboxylic acids is 1. The van der Waals surface area contributed by atoms with Crippen molar-refractivity contribution in [3.63, 3.8) is 0 Å². The maximum absolute atomic E-state index is 11.5. The third-order valence-corrected chi connectivity index (χ3v) is 2.18. The van der Waals surface area contributed by atoms with Crippen molar-refractivity contribution in [2.75, 3.05) is 20.1 Å². The van der Waals surface area contributed by atoms with Gasteiger partial charge in [-0.25, -0.2) is 0 Å². The molecule has 14 heavy (non-hydrogen) atoms. The largest absolute Gasteiger partial charge is 0.364 e. The van der Waals surface area contributed by atoms with Crippen molar-refractivity contribution in [3.8, 4) is 0 Å². The van der Waals surface area contributed by atoms with Crippen LogP contribution in [0.4, 0.5) is 0 Å². The molecule has 1 aliphatic rings.